The summed E-state index contributed by atoms with van der Waals surface area (Å²) >= 11 is 0. The van der Waals surface area contributed by atoms with Gasteiger partial charge in [0.1, 0.15) is 0 Å². The van der Waals surface area contributed by atoms with Gasteiger partial charge in [-0.15, -0.1) is 0 Å². The molecule has 0 fully saturated rings. The van der Waals surface area contributed by atoms with Crippen LogP contribution in [0.5, 0.6) is 0 Å². The molecule has 0 unspecified atom stereocenters. The van der Waals surface area contributed by atoms with Gasteiger partial charge in [0.2, 0.25) is 0 Å². The Morgan fingerprint density at radius 3 is 2.56 bits per heavy atom. The van der Waals surface area contributed by atoms with Crippen LogP contribution in [-0.2, 0) is 19.4 Å². The number of aryl methyl sites for hydroxylation is 4. The third kappa shape index (κ3) is 4.16. The predicted molar refractivity (Wildman–Crippen MR) is 98.0 cm³/mol. The Balaban J connectivity index is 1.71. The molecule has 0 radical (unpaired) electrons. The SMILES string of the molecule is Cc1cc(C)cc(C(=O)N[C@@H](C)Cn2nc3c(cc2=O)CCCC3)c1. The maximum atomic E-state index is 12.4. The fourth-order valence-corrected chi connectivity index (χ4v) is 3.45. The van der Waals surface area contributed by atoms with Crippen molar-refractivity contribution >= 4 is 5.91 Å². The molecule has 1 aromatic carbocycles. The summed E-state index contributed by atoms with van der Waals surface area (Å²) in [6.07, 6.45) is 4.12. The molecular weight excluding hydrogens is 314 g/mol. The van der Waals surface area contributed by atoms with Gasteiger partial charge in [0.15, 0.2) is 0 Å². The average molecular weight is 339 g/mol. The Labute approximate surface area is 148 Å². The highest BCUT2D eigenvalue weighted by atomic mass is 16.2. The molecule has 2 aromatic rings. The van der Waals surface area contributed by atoms with E-state index in [1.165, 1.54) is 4.68 Å². The van der Waals surface area contributed by atoms with E-state index >= 15 is 0 Å². The predicted octanol–water partition coefficient (Wildman–Crippen LogP) is 2.56. The first-order valence-electron chi connectivity index (χ1n) is 8.91. The highest BCUT2D eigenvalue weighted by Crippen LogP contribution is 2.17. The number of carbonyl (C=O) groups excluding carboxylic acids is 1. The zero-order valence-corrected chi connectivity index (χ0v) is 15.1. The van der Waals surface area contributed by atoms with Gasteiger partial charge in [-0.2, -0.15) is 5.10 Å². The number of nitrogens with one attached hydrogen (secondary N) is 1. The van der Waals surface area contributed by atoms with Crippen LogP contribution in [0.1, 0.15) is 52.5 Å². The van der Waals surface area contributed by atoms with Gasteiger partial charge >= 0.3 is 0 Å². The quantitative estimate of drug-likeness (QED) is 0.931. The number of fused-ring (bicyclic) bond motifs is 1. The smallest absolute Gasteiger partial charge is 0.267 e. The van der Waals surface area contributed by atoms with Crippen LogP contribution in [0.25, 0.3) is 0 Å². The third-order valence-corrected chi connectivity index (χ3v) is 4.58. The van der Waals surface area contributed by atoms with Crippen LogP contribution >= 0.6 is 0 Å². The van der Waals surface area contributed by atoms with E-state index in [4.69, 9.17) is 0 Å². The zero-order valence-electron chi connectivity index (χ0n) is 15.1. The van der Waals surface area contributed by atoms with Crippen LogP contribution in [0.3, 0.4) is 0 Å². The molecule has 0 spiro atoms. The normalized spacial score (nSPS) is 14.7. The molecule has 1 aliphatic carbocycles. The van der Waals surface area contributed by atoms with Crippen molar-refractivity contribution < 1.29 is 4.79 Å². The first-order chi connectivity index (χ1) is 11.9. The molecule has 1 aliphatic rings. The number of carbonyl (C=O) groups is 1. The number of nitrogens with zero attached hydrogens (tertiary/aromatic N) is 2. The average Bonchev–Trinajstić information content (AvgIpc) is 2.54. The zero-order chi connectivity index (χ0) is 18.0. The summed E-state index contributed by atoms with van der Waals surface area (Å²) in [5, 5.41) is 7.48. The monoisotopic (exact) mass is 339 g/mol. The molecule has 3 rings (SSSR count). The molecule has 0 aliphatic heterocycles. The summed E-state index contributed by atoms with van der Waals surface area (Å²) in [6.45, 7) is 6.23. The fraction of sp³-hybridized carbons (Fsp3) is 0.450. The lowest BCUT2D eigenvalue weighted by Crippen LogP contribution is -2.39. The summed E-state index contributed by atoms with van der Waals surface area (Å²) in [7, 11) is 0. The Morgan fingerprint density at radius 2 is 1.84 bits per heavy atom. The summed E-state index contributed by atoms with van der Waals surface area (Å²) in [5.41, 5.74) is 4.79. The van der Waals surface area contributed by atoms with E-state index in [0.717, 1.165) is 48.1 Å². The second-order valence-corrected chi connectivity index (χ2v) is 7.09. The van der Waals surface area contributed by atoms with E-state index in [-0.39, 0.29) is 17.5 Å². The first kappa shape index (κ1) is 17.4. The lowest BCUT2D eigenvalue weighted by atomic mass is 9.97. The van der Waals surface area contributed by atoms with Crippen LogP contribution in [-0.4, -0.2) is 21.7 Å². The molecular formula is C20H25N3O2. The van der Waals surface area contributed by atoms with Crippen molar-refractivity contribution in [2.45, 2.75) is 59.0 Å². The minimum absolute atomic E-state index is 0.0897. The summed E-state index contributed by atoms with van der Waals surface area (Å²) in [5.74, 6) is -0.120. The van der Waals surface area contributed by atoms with Crippen LogP contribution in [0.4, 0.5) is 0 Å². The summed E-state index contributed by atoms with van der Waals surface area (Å²) in [6, 6.07) is 7.31. The second kappa shape index (κ2) is 7.21. The number of amides is 1. The molecule has 25 heavy (non-hydrogen) atoms. The van der Waals surface area contributed by atoms with E-state index in [1.807, 2.05) is 39.0 Å². The van der Waals surface area contributed by atoms with Crippen molar-refractivity contribution in [1.29, 1.82) is 0 Å². The molecule has 1 amide bonds. The maximum absolute atomic E-state index is 12.4. The molecule has 0 bridgehead atoms. The van der Waals surface area contributed by atoms with Crippen LogP contribution in [0, 0.1) is 13.8 Å². The summed E-state index contributed by atoms with van der Waals surface area (Å²) in [4.78, 5) is 24.7. The lowest BCUT2D eigenvalue weighted by Gasteiger charge is -2.19. The molecule has 0 saturated heterocycles. The van der Waals surface area contributed by atoms with Gasteiger partial charge in [-0.3, -0.25) is 9.59 Å². The molecule has 5 nitrogen and oxygen atoms in total. The van der Waals surface area contributed by atoms with E-state index in [2.05, 4.69) is 10.4 Å². The fourth-order valence-electron chi connectivity index (χ4n) is 3.45. The highest BCUT2D eigenvalue weighted by molar-refractivity contribution is 5.94. The van der Waals surface area contributed by atoms with Crippen LogP contribution < -0.4 is 10.9 Å². The van der Waals surface area contributed by atoms with Crippen molar-refractivity contribution in [2.24, 2.45) is 0 Å². The molecule has 132 valence electrons. The number of benzene rings is 1. The molecule has 1 aromatic heterocycles. The van der Waals surface area contributed by atoms with Crippen molar-refractivity contribution in [3.8, 4) is 0 Å². The summed E-state index contributed by atoms with van der Waals surface area (Å²) < 4.78 is 1.48. The number of rotatable bonds is 4. The van der Waals surface area contributed by atoms with Crippen molar-refractivity contribution in [2.75, 3.05) is 0 Å². The largest absolute Gasteiger partial charge is 0.348 e. The van der Waals surface area contributed by atoms with Gasteiger partial charge in [0, 0.05) is 17.7 Å². The van der Waals surface area contributed by atoms with Gasteiger partial charge in [0.25, 0.3) is 11.5 Å². The van der Waals surface area contributed by atoms with Crippen LogP contribution in [0.15, 0.2) is 29.1 Å². The molecule has 1 atom stereocenters. The van der Waals surface area contributed by atoms with Gasteiger partial charge in [-0.05, 0) is 64.2 Å². The molecule has 0 saturated carbocycles. The molecule has 5 heteroatoms. The Hall–Kier alpha value is -2.43. The Kier molecular flexibility index (Phi) is 5.02. The Bertz CT molecular complexity index is 834. The van der Waals surface area contributed by atoms with Crippen molar-refractivity contribution in [3.05, 3.63) is 62.6 Å². The van der Waals surface area contributed by atoms with Gasteiger partial charge < -0.3 is 5.32 Å². The molecule has 1 N–H and O–H groups in total. The van der Waals surface area contributed by atoms with Crippen LogP contribution in [0.2, 0.25) is 0 Å². The first-order valence-corrected chi connectivity index (χ1v) is 8.91. The van der Waals surface area contributed by atoms with Gasteiger partial charge in [-0.1, -0.05) is 17.2 Å². The van der Waals surface area contributed by atoms with Crippen molar-refractivity contribution in [3.63, 3.8) is 0 Å². The molecule has 1 heterocycles. The number of aromatic nitrogens is 2. The minimum atomic E-state index is -0.180. The van der Waals surface area contributed by atoms with Gasteiger partial charge in [0.05, 0.1) is 12.2 Å². The number of hydrogen-bond donors (Lipinski definition) is 1. The maximum Gasteiger partial charge on any atom is 0.267 e. The highest BCUT2D eigenvalue weighted by Gasteiger charge is 2.16. The standard InChI is InChI=1S/C20H25N3O2/c1-13-8-14(2)10-17(9-13)20(25)21-15(3)12-23-19(24)11-16-6-4-5-7-18(16)22-23/h8-11,15H,4-7,12H2,1-3H3,(H,21,25)/t15-/m0/s1. The van der Waals surface area contributed by atoms with E-state index < -0.39 is 0 Å². The van der Waals surface area contributed by atoms with E-state index in [1.54, 1.807) is 6.07 Å². The Morgan fingerprint density at radius 1 is 1.16 bits per heavy atom. The van der Waals surface area contributed by atoms with E-state index in [9.17, 15) is 9.59 Å². The lowest BCUT2D eigenvalue weighted by molar-refractivity contribution is 0.0935. The minimum Gasteiger partial charge on any atom is -0.348 e. The topological polar surface area (TPSA) is 64.0 Å². The van der Waals surface area contributed by atoms with Crippen molar-refractivity contribution in [1.82, 2.24) is 15.1 Å². The third-order valence-electron chi connectivity index (χ3n) is 4.58. The van der Waals surface area contributed by atoms with E-state index in [0.29, 0.717) is 12.1 Å². The number of hydrogen-bond acceptors (Lipinski definition) is 3. The second-order valence-electron chi connectivity index (χ2n) is 7.09. The van der Waals surface area contributed by atoms with Gasteiger partial charge in [-0.25, -0.2) is 4.68 Å².